The van der Waals surface area contributed by atoms with Crippen LogP contribution in [0.3, 0.4) is 0 Å². The van der Waals surface area contributed by atoms with E-state index >= 15 is 0 Å². The van der Waals surface area contributed by atoms with Crippen molar-refractivity contribution in [3.63, 3.8) is 0 Å². The van der Waals surface area contributed by atoms with E-state index < -0.39 is 0 Å². The fourth-order valence-electron chi connectivity index (χ4n) is 2.21. The smallest absolute Gasteiger partial charge is 0.163 e. The van der Waals surface area contributed by atoms with Crippen molar-refractivity contribution in [2.45, 2.75) is 26.7 Å². The number of rotatable bonds is 3. The summed E-state index contributed by atoms with van der Waals surface area (Å²) in [5, 5.41) is 11.5. The zero-order chi connectivity index (χ0) is 12.4. The molecule has 1 N–H and O–H groups in total. The van der Waals surface area contributed by atoms with Gasteiger partial charge in [-0.2, -0.15) is 0 Å². The van der Waals surface area contributed by atoms with Gasteiger partial charge >= 0.3 is 0 Å². The minimum atomic E-state index is 0.154. The molecule has 2 rings (SSSR count). The lowest BCUT2D eigenvalue weighted by molar-refractivity contribution is 0.0983. The standard InChI is InChI=1S/C15H16O2/c1-3-6-13(16)15-10(2)9-14(17)11-7-4-5-8-12(11)15/h4-5,7-9,17H,3,6H2,1-2H3. The number of fused-ring (bicyclic) bond motifs is 1. The highest BCUT2D eigenvalue weighted by atomic mass is 16.3. The fourth-order valence-corrected chi connectivity index (χ4v) is 2.21. The molecular weight excluding hydrogens is 212 g/mol. The van der Waals surface area contributed by atoms with Crippen LogP contribution in [0.2, 0.25) is 0 Å². The maximum absolute atomic E-state index is 12.1. The van der Waals surface area contributed by atoms with Gasteiger partial charge in [0.05, 0.1) is 0 Å². The molecule has 88 valence electrons. The SMILES string of the molecule is CCCC(=O)c1c(C)cc(O)c2ccccc12. The number of hydrogen-bond donors (Lipinski definition) is 1. The third kappa shape index (κ3) is 2.03. The summed E-state index contributed by atoms with van der Waals surface area (Å²) in [6.07, 6.45) is 1.39. The molecule has 0 aliphatic carbocycles. The molecule has 0 aromatic heterocycles. The first kappa shape index (κ1) is 11.6. The van der Waals surface area contributed by atoms with Crippen molar-refractivity contribution >= 4 is 16.6 Å². The van der Waals surface area contributed by atoms with Crippen molar-refractivity contribution in [1.82, 2.24) is 0 Å². The van der Waals surface area contributed by atoms with Crippen molar-refractivity contribution in [3.8, 4) is 5.75 Å². The number of phenolic OH excluding ortho intramolecular Hbond substituents is 1. The molecule has 2 aromatic rings. The average Bonchev–Trinajstić information content (AvgIpc) is 2.29. The van der Waals surface area contributed by atoms with E-state index in [4.69, 9.17) is 0 Å². The summed E-state index contributed by atoms with van der Waals surface area (Å²) in [6.45, 7) is 3.87. The van der Waals surface area contributed by atoms with Gasteiger partial charge in [0.25, 0.3) is 0 Å². The Morgan fingerprint density at radius 3 is 2.53 bits per heavy atom. The number of phenols is 1. The third-order valence-electron chi connectivity index (χ3n) is 2.98. The van der Waals surface area contributed by atoms with Gasteiger partial charge in [-0.15, -0.1) is 0 Å². The van der Waals surface area contributed by atoms with E-state index in [1.807, 2.05) is 38.1 Å². The number of Topliss-reactive ketones (excluding diaryl/α,β-unsaturated/α-hetero) is 1. The van der Waals surface area contributed by atoms with Gasteiger partial charge in [-0.1, -0.05) is 31.2 Å². The normalized spacial score (nSPS) is 10.7. The van der Waals surface area contributed by atoms with E-state index in [0.29, 0.717) is 6.42 Å². The zero-order valence-electron chi connectivity index (χ0n) is 10.2. The van der Waals surface area contributed by atoms with Crippen molar-refractivity contribution in [2.24, 2.45) is 0 Å². The number of aryl methyl sites for hydroxylation is 1. The maximum atomic E-state index is 12.1. The predicted molar refractivity (Wildman–Crippen MR) is 69.6 cm³/mol. The summed E-state index contributed by atoms with van der Waals surface area (Å²) in [6, 6.07) is 9.17. The Kier molecular flexibility index (Phi) is 3.14. The molecule has 0 atom stereocenters. The van der Waals surface area contributed by atoms with E-state index in [-0.39, 0.29) is 11.5 Å². The number of hydrogen-bond acceptors (Lipinski definition) is 2. The lowest BCUT2D eigenvalue weighted by Crippen LogP contribution is -2.02. The summed E-state index contributed by atoms with van der Waals surface area (Å²) in [5.41, 5.74) is 1.60. The highest BCUT2D eigenvalue weighted by molar-refractivity contribution is 6.10. The molecule has 0 heterocycles. The van der Waals surface area contributed by atoms with Crippen LogP contribution in [-0.4, -0.2) is 10.9 Å². The minimum Gasteiger partial charge on any atom is -0.507 e. The number of carbonyl (C=O) groups excluding carboxylic acids is 1. The lowest BCUT2D eigenvalue weighted by atomic mass is 9.94. The van der Waals surface area contributed by atoms with Gasteiger partial charge in [0.15, 0.2) is 5.78 Å². The Bertz CT molecular complexity index is 570. The number of benzene rings is 2. The number of carbonyl (C=O) groups is 1. The molecule has 0 aliphatic heterocycles. The Balaban J connectivity index is 2.73. The molecule has 0 radical (unpaired) electrons. The first-order valence-corrected chi connectivity index (χ1v) is 5.89. The van der Waals surface area contributed by atoms with Crippen LogP contribution >= 0.6 is 0 Å². The van der Waals surface area contributed by atoms with E-state index in [2.05, 4.69) is 0 Å². The Labute approximate surface area is 101 Å². The van der Waals surface area contributed by atoms with Crippen molar-refractivity contribution in [2.75, 3.05) is 0 Å². The van der Waals surface area contributed by atoms with Crippen LogP contribution in [0, 0.1) is 6.92 Å². The lowest BCUT2D eigenvalue weighted by Gasteiger charge is -2.10. The van der Waals surface area contributed by atoms with Crippen LogP contribution in [0.15, 0.2) is 30.3 Å². The van der Waals surface area contributed by atoms with Gasteiger partial charge in [0.2, 0.25) is 0 Å². The third-order valence-corrected chi connectivity index (χ3v) is 2.98. The van der Waals surface area contributed by atoms with Crippen LogP contribution in [0.1, 0.15) is 35.7 Å². The van der Waals surface area contributed by atoms with E-state index in [1.165, 1.54) is 0 Å². The van der Waals surface area contributed by atoms with Crippen LogP contribution in [0.4, 0.5) is 0 Å². The monoisotopic (exact) mass is 228 g/mol. The first-order valence-electron chi connectivity index (χ1n) is 5.89. The van der Waals surface area contributed by atoms with E-state index in [1.54, 1.807) is 6.07 Å². The number of aromatic hydroxyl groups is 1. The van der Waals surface area contributed by atoms with Crippen LogP contribution in [-0.2, 0) is 0 Å². The average molecular weight is 228 g/mol. The second kappa shape index (κ2) is 4.58. The molecule has 17 heavy (non-hydrogen) atoms. The molecule has 0 bridgehead atoms. The topological polar surface area (TPSA) is 37.3 Å². The number of ketones is 1. The van der Waals surface area contributed by atoms with Gasteiger partial charge in [-0.25, -0.2) is 0 Å². The van der Waals surface area contributed by atoms with Crippen LogP contribution in [0.5, 0.6) is 5.75 Å². The summed E-state index contributed by atoms with van der Waals surface area (Å²) in [5.74, 6) is 0.396. The van der Waals surface area contributed by atoms with Gasteiger partial charge in [0, 0.05) is 17.4 Å². The Morgan fingerprint density at radius 2 is 1.88 bits per heavy atom. The van der Waals surface area contributed by atoms with Crippen molar-refractivity contribution < 1.29 is 9.90 Å². The molecule has 2 heteroatoms. The molecule has 0 unspecified atom stereocenters. The van der Waals surface area contributed by atoms with Crippen LogP contribution in [0.25, 0.3) is 10.8 Å². The van der Waals surface area contributed by atoms with Crippen LogP contribution < -0.4 is 0 Å². The molecule has 0 spiro atoms. The Morgan fingerprint density at radius 1 is 1.24 bits per heavy atom. The molecule has 2 nitrogen and oxygen atoms in total. The first-order chi connectivity index (χ1) is 8.15. The Hall–Kier alpha value is -1.83. The maximum Gasteiger partial charge on any atom is 0.163 e. The van der Waals surface area contributed by atoms with Gasteiger partial charge in [0.1, 0.15) is 5.75 Å². The van der Waals surface area contributed by atoms with E-state index in [0.717, 1.165) is 28.3 Å². The molecule has 0 aliphatic rings. The van der Waals surface area contributed by atoms with Gasteiger partial charge in [-0.3, -0.25) is 4.79 Å². The fraction of sp³-hybridized carbons (Fsp3) is 0.267. The molecule has 0 saturated carbocycles. The van der Waals surface area contributed by atoms with Gasteiger partial charge in [-0.05, 0) is 30.4 Å². The van der Waals surface area contributed by atoms with Crippen molar-refractivity contribution in [1.29, 1.82) is 0 Å². The minimum absolute atomic E-state index is 0.154. The quantitative estimate of drug-likeness (QED) is 0.810. The summed E-state index contributed by atoms with van der Waals surface area (Å²) < 4.78 is 0. The summed E-state index contributed by atoms with van der Waals surface area (Å²) >= 11 is 0. The largest absolute Gasteiger partial charge is 0.507 e. The highest BCUT2D eigenvalue weighted by Gasteiger charge is 2.14. The second-order valence-corrected chi connectivity index (χ2v) is 4.31. The van der Waals surface area contributed by atoms with E-state index in [9.17, 15) is 9.90 Å². The highest BCUT2D eigenvalue weighted by Crippen LogP contribution is 2.31. The summed E-state index contributed by atoms with van der Waals surface area (Å²) in [4.78, 5) is 12.1. The molecule has 0 fully saturated rings. The predicted octanol–water partition coefficient (Wildman–Crippen LogP) is 3.84. The second-order valence-electron chi connectivity index (χ2n) is 4.31. The van der Waals surface area contributed by atoms with Crippen molar-refractivity contribution in [3.05, 3.63) is 41.5 Å². The van der Waals surface area contributed by atoms with Gasteiger partial charge < -0.3 is 5.11 Å². The molecule has 0 amide bonds. The molecule has 2 aromatic carbocycles. The molecular formula is C15H16O2. The summed E-state index contributed by atoms with van der Waals surface area (Å²) in [7, 11) is 0. The zero-order valence-corrected chi connectivity index (χ0v) is 10.2. The molecule has 0 saturated heterocycles.